The van der Waals surface area contributed by atoms with Crippen LogP contribution >= 0.6 is 0 Å². The number of likely N-dealkylation sites (N-methyl/N-ethyl adjacent to an activating group) is 2. The summed E-state index contributed by atoms with van der Waals surface area (Å²) < 4.78 is 22.5. The SMILES string of the molecule is COc1ccc(Oc2ncc(N(C)C[C@@H]3CCCN3C)c(Oc3ccc(OC)cc3)n2)cc1. The molecular weight excluding hydrogens is 420 g/mol. The van der Waals surface area contributed by atoms with Gasteiger partial charge < -0.3 is 28.7 Å². The van der Waals surface area contributed by atoms with Gasteiger partial charge >= 0.3 is 6.01 Å². The first kappa shape index (κ1) is 22.7. The molecule has 1 fully saturated rings. The fourth-order valence-electron chi connectivity index (χ4n) is 3.86. The van der Waals surface area contributed by atoms with Crippen molar-refractivity contribution in [3.8, 4) is 34.9 Å². The van der Waals surface area contributed by atoms with E-state index in [4.69, 9.17) is 18.9 Å². The van der Waals surface area contributed by atoms with Crippen LogP contribution in [-0.2, 0) is 0 Å². The van der Waals surface area contributed by atoms with E-state index in [-0.39, 0.29) is 6.01 Å². The minimum Gasteiger partial charge on any atom is -0.497 e. The van der Waals surface area contributed by atoms with Gasteiger partial charge in [-0.25, -0.2) is 4.98 Å². The van der Waals surface area contributed by atoms with Gasteiger partial charge in [-0.15, -0.1) is 0 Å². The van der Waals surface area contributed by atoms with Crippen LogP contribution in [0.25, 0.3) is 0 Å². The van der Waals surface area contributed by atoms with Crippen molar-refractivity contribution in [2.75, 3.05) is 46.3 Å². The van der Waals surface area contributed by atoms with Gasteiger partial charge in [0, 0.05) is 19.6 Å². The molecule has 1 aromatic heterocycles. The zero-order chi connectivity index (χ0) is 23.2. The molecule has 8 heteroatoms. The highest BCUT2D eigenvalue weighted by Gasteiger charge is 2.24. The lowest BCUT2D eigenvalue weighted by atomic mass is 10.2. The molecule has 8 nitrogen and oxygen atoms in total. The van der Waals surface area contributed by atoms with E-state index in [1.165, 1.54) is 12.8 Å². The summed E-state index contributed by atoms with van der Waals surface area (Å²) in [6, 6.07) is 15.3. The van der Waals surface area contributed by atoms with Crippen LogP contribution in [-0.4, -0.2) is 62.3 Å². The Hall–Kier alpha value is -3.52. The number of methoxy groups -OCH3 is 2. The number of ether oxygens (including phenoxy) is 4. The topological polar surface area (TPSA) is 69.2 Å². The number of hydrogen-bond donors (Lipinski definition) is 0. The van der Waals surface area contributed by atoms with Gasteiger partial charge in [-0.05, 0) is 75.0 Å². The zero-order valence-corrected chi connectivity index (χ0v) is 19.5. The summed E-state index contributed by atoms with van der Waals surface area (Å²) >= 11 is 0. The van der Waals surface area contributed by atoms with Crippen LogP contribution in [0.15, 0.2) is 54.7 Å². The summed E-state index contributed by atoms with van der Waals surface area (Å²) in [6.45, 7) is 1.98. The molecule has 1 aliphatic rings. The molecule has 0 saturated carbocycles. The molecule has 0 spiro atoms. The first-order valence-electron chi connectivity index (χ1n) is 11.0. The molecule has 1 saturated heterocycles. The Morgan fingerprint density at radius 2 is 1.48 bits per heavy atom. The summed E-state index contributed by atoms with van der Waals surface area (Å²) in [5, 5.41) is 0. The minimum absolute atomic E-state index is 0.207. The molecule has 3 aromatic rings. The standard InChI is InChI=1S/C25H30N4O4/c1-28-15-5-6-18(28)17-29(2)23-16-26-25(33-22-13-9-20(31-4)10-14-22)27-24(23)32-21-11-7-19(30-3)8-12-21/h7-14,16,18H,5-6,15,17H2,1-4H3/t18-/m0/s1. The quantitative estimate of drug-likeness (QED) is 0.468. The van der Waals surface area contributed by atoms with Gasteiger partial charge in [-0.1, -0.05) is 0 Å². The molecule has 0 unspecified atom stereocenters. The highest BCUT2D eigenvalue weighted by atomic mass is 16.5. The molecule has 2 aromatic carbocycles. The maximum Gasteiger partial charge on any atom is 0.325 e. The molecule has 0 N–H and O–H groups in total. The van der Waals surface area contributed by atoms with E-state index in [0.29, 0.717) is 23.4 Å². The van der Waals surface area contributed by atoms with Crippen LogP contribution in [0.5, 0.6) is 34.9 Å². The largest absolute Gasteiger partial charge is 0.497 e. The molecule has 2 heterocycles. The van der Waals surface area contributed by atoms with Crippen molar-refractivity contribution in [1.82, 2.24) is 14.9 Å². The second-order valence-electron chi connectivity index (χ2n) is 8.06. The molecule has 0 amide bonds. The van der Waals surface area contributed by atoms with Crippen molar-refractivity contribution >= 4 is 5.69 Å². The van der Waals surface area contributed by atoms with Crippen molar-refractivity contribution in [2.45, 2.75) is 18.9 Å². The summed E-state index contributed by atoms with van der Waals surface area (Å²) in [5.41, 5.74) is 0.799. The molecule has 0 bridgehead atoms. The molecule has 0 radical (unpaired) electrons. The Morgan fingerprint density at radius 1 is 0.909 bits per heavy atom. The number of likely N-dealkylation sites (tertiary alicyclic amines) is 1. The highest BCUT2D eigenvalue weighted by molar-refractivity contribution is 5.55. The van der Waals surface area contributed by atoms with Gasteiger partial charge in [0.15, 0.2) is 0 Å². The molecule has 174 valence electrons. The summed E-state index contributed by atoms with van der Waals surface area (Å²) in [7, 11) is 7.47. The number of aromatic nitrogens is 2. The lowest BCUT2D eigenvalue weighted by Crippen LogP contribution is -2.36. The number of anilines is 1. The second kappa shape index (κ2) is 10.4. The van der Waals surface area contributed by atoms with Crippen LogP contribution in [0, 0.1) is 0 Å². The average Bonchev–Trinajstić information content (AvgIpc) is 3.24. The predicted octanol–water partition coefficient (Wildman–Crippen LogP) is 4.61. The predicted molar refractivity (Wildman–Crippen MR) is 127 cm³/mol. The maximum atomic E-state index is 6.17. The number of hydrogen-bond acceptors (Lipinski definition) is 8. The summed E-state index contributed by atoms with van der Waals surface area (Å²) in [5.74, 6) is 3.20. The van der Waals surface area contributed by atoms with E-state index in [2.05, 4.69) is 26.8 Å². The second-order valence-corrected chi connectivity index (χ2v) is 8.06. The van der Waals surface area contributed by atoms with Crippen molar-refractivity contribution in [2.24, 2.45) is 0 Å². The van der Waals surface area contributed by atoms with Crippen molar-refractivity contribution in [3.05, 3.63) is 54.7 Å². The molecule has 4 rings (SSSR count). The van der Waals surface area contributed by atoms with Crippen LogP contribution in [0.3, 0.4) is 0 Å². The number of nitrogens with zero attached hydrogens (tertiary/aromatic N) is 4. The Balaban J connectivity index is 1.59. The van der Waals surface area contributed by atoms with E-state index in [0.717, 1.165) is 30.3 Å². The normalized spacial score (nSPS) is 15.8. The third-order valence-electron chi connectivity index (χ3n) is 5.82. The van der Waals surface area contributed by atoms with Gasteiger partial charge in [0.25, 0.3) is 0 Å². The third-order valence-corrected chi connectivity index (χ3v) is 5.82. The Kier molecular flexibility index (Phi) is 7.14. The zero-order valence-electron chi connectivity index (χ0n) is 19.5. The fraction of sp³-hybridized carbons (Fsp3) is 0.360. The van der Waals surface area contributed by atoms with Gasteiger partial charge in [0.05, 0.1) is 20.4 Å². The Morgan fingerprint density at radius 3 is 2.03 bits per heavy atom. The van der Waals surface area contributed by atoms with Gasteiger partial charge in [0.2, 0.25) is 5.88 Å². The monoisotopic (exact) mass is 450 g/mol. The number of rotatable bonds is 9. The lowest BCUT2D eigenvalue weighted by molar-refractivity contribution is 0.313. The van der Waals surface area contributed by atoms with E-state index < -0.39 is 0 Å². The fourth-order valence-corrected chi connectivity index (χ4v) is 3.86. The summed E-state index contributed by atoms with van der Waals surface area (Å²) in [6.07, 6.45) is 4.14. The van der Waals surface area contributed by atoms with Gasteiger partial charge in [0.1, 0.15) is 28.7 Å². The van der Waals surface area contributed by atoms with Crippen molar-refractivity contribution in [1.29, 1.82) is 0 Å². The van der Waals surface area contributed by atoms with Gasteiger partial charge in [-0.3, -0.25) is 0 Å². The first-order chi connectivity index (χ1) is 16.1. The van der Waals surface area contributed by atoms with Crippen LogP contribution < -0.4 is 23.8 Å². The average molecular weight is 451 g/mol. The van der Waals surface area contributed by atoms with E-state index in [9.17, 15) is 0 Å². The lowest BCUT2D eigenvalue weighted by Gasteiger charge is -2.27. The highest BCUT2D eigenvalue weighted by Crippen LogP contribution is 2.33. The molecule has 0 aliphatic carbocycles. The Bertz CT molecular complexity index is 1040. The van der Waals surface area contributed by atoms with E-state index in [1.54, 1.807) is 20.4 Å². The van der Waals surface area contributed by atoms with Gasteiger partial charge in [-0.2, -0.15) is 4.98 Å². The Labute approximate surface area is 194 Å². The maximum absolute atomic E-state index is 6.17. The van der Waals surface area contributed by atoms with Crippen LogP contribution in [0.1, 0.15) is 12.8 Å². The van der Waals surface area contributed by atoms with Crippen LogP contribution in [0.2, 0.25) is 0 Å². The van der Waals surface area contributed by atoms with Crippen molar-refractivity contribution in [3.63, 3.8) is 0 Å². The van der Waals surface area contributed by atoms with Crippen LogP contribution in [0.4, 0.5) is 5.69 Å². The molecule has 1 aliphatic heterocycles. The first-order valence-corrected chi connectivity index (χ1v) is 11.0. The minimum atomic E-state index is 0.207. The third kappa shape index (κ3) is 5.64. The molecular formula is C25H30N4O4. The number of benzene rings is 2. The smallest absolute Gasteiger partial charge is 0.325 e. The van der Waals surface area contributed by atoms with E-state index >= 15 is 0 Å². The molecule has 1 atom stereocenters. The molecule has 33 heavy (non-hydrogen) atoms. The van der Waals surface area contributed by atoms with Crippen molar-refractivity contribution < 1.29 is 18.9 Å². The van der Waals surface area contributed by atoms with E-state index in [1.807, 2.05) is 55.6 Å². The summed E-state index contributed by atoms with van der Waals surface area (Å²) in [4.78, 5) is 13.6.